The molecule has 2 unspecified atom stereocenters. The Bertz CT molecular complexity index is 310. The molecule has 0 aliphatic heterocycles. The van der Waals surface area contributed by atoms with Crippen molar-refractivity contribution < 1.29 is 0 Å². The van der Waals surface area contributed by atoms with Gasteiger partial charge in [-0.1, -0.05) is 30.3 Å². The molecule has 0 bridgehead atoms. The molecule has 13 heavy (non-hydrogen) atoms. The van der Waals surface area contributed by atoms with Gasteiger partial charge in [-0.05, 0) is 24.2 Å². The van der Waals surface area contributed by atoms with Crippen LogP contribution in [0.2, 0.25) is 0 Å². The molecule has 1 aliphatic rings. The highest BCUT2D eigenvalue weighted by Crippen LogP contribution is 2.40. The average molecular weight is 192 g/mol. The summed E-state index contributed by atoms with van der Waals surface area (Å²) in [7, 11) is 0. The predicted octanol–water partition coefficient (Wildman–Crippen LogP) is 1.38. The number of benzene rings is 1. The molecule has 0 heterocycles. The van der Waals surface area contributed by atoms with Crippen LogP contribution in [-0.2, 0) is 0 Å². The number of thiocarbonyl (C=S) groups is 1. The van der Waals surface area contributed by atoms with Crippen LogP contribution in [-0.4, -0.2) is 11.2 Å². The zero-order valence-corrected chi connectivity index (χ0v) is 8.05. The van der Waals surface area contributed by atoms with E-state index >= 15 is 0 Å². The van der Waals surface area contributed by atoms with Gasteiger partial charge in [0.25, 0.3) is 0 Å². The van der Waals surface area contributed by atoms with E-state index in [-0.39, 0.29) is 0 Å². The summed E-state index contributed by atoms with van der Waals surface area (Å²) in [5, 5.41) is 3.48. The van der Waals surface area contributed by atoms with Crippen LogP contribution >= 0.6 is 12.2 Å². The Hall–Kier alpha value is -1.09. The number of nitrogens with two attached hydrogens (primary N) is 1. The maximum atomic E-state index is 5.39. The first-order chi connectivity index (χ1) is 6.27. The van der Waals surface area contributed by atoms with Gasteiger partial charge >= 0.3 is 0 Å². The molecule has 3 N–H and O–H groups in total. The van der Waals surface area contributed by atoms with E-state index in [4.69, 9.17) is 18.0 Å². The Morgan fingerprint density at radius 1 is 1.38 bits per heavy atom. The minimum Gasteiger partial charge on any atom is -0.376 e. The molecule has 1 aromatic rings. The molecular formula is C10H12N2S. The Labute approximate surface area is 83.1 Å². The van der Waals surface area contributed by atoms with Crippen molar-refractivity contribution in [2.24, 2.45) is 5.73 Å². The topological polar surface area (TPSA) is 38.0 Å². The largest absolute Gasteiger partial charge is 0.376 e. The zero-order chi connectivity index (χ0) is 9.26. The first kappa shape index (κ1) is 8.51. The Morgan fingerprint density at radius 3 is 2.69 bits per heavy atom. The standard InChI is InChI=1S/C10H12N2S/c11-10(13)12-9-6-8(9)7-4-2-1-3-5-7/h1-5,8-9H,6H2,(H3,11,12,13). The molecule has 0 saturated heterocycles. The van der Waals surface area contributed by atoms with Gasteiger partial charge in [0.15, 0.2) is 5.11 Å². The Balaban J connectivity index is 1.97. The maximum Gasteiger partial charge on any atom is 0.163 e. The van der Waals surface area contributed by atoms with Crippen LogP contribution in [0.25, 0.3) is 0 Å². The maximum absolute atomic E-state index is 5.39. The number of nitrogens with one attached hydrogen (secondary N) is 1. The summed E-state index contributed by atoms with van der Waals surface area (Å²) in [4.78, 5) is 0. The van der Waals surface area contributed by atoms with E-state index in [2.05, 4.69) is 29.6 Å². The number of hydrogen-bond acceptors (Lipinski definition) is 1. The third kappa shape index (κ3) is 1.98. The Morgan fingerprint density at radius 2 is 2.08 bits per heavy atom. The van der Waals surface area contributed by atoms with Gasteiger partial charge in [0.05, 0.1) is 0 Å². The van der Waals surface area contributed by atoms with E-state index in [0.717, 1.165) is 6.42 Å². The summed E-state index contributed by atoms with van der Waals surface area (Å²) in [5.74, 6) is 0.600. The van der Waals surface area contributed by atoms with Gasteiger partial charge in [-0.25, -0.2) is 0 Å². The molecule has 2 nitrogen and oxygen atoms in total. The lowest BCUT2D eigenvalue weighted by molar-refractivity contribution is 0.872. The number of rotatable bonds is 2. The molecule has 1 aliphatic carbocycles. The highest BCUT2D eigenvalue weighted by atomic mass is 32.1. The summed E-state index contributed by atoms with van der Waals surface area (Å²) in [6.07, 6.45) is 1.14. The highest BCUT2D eigenvalue weighted by molar-refractivity contribution is 7.80. The SMILES string of the molecule is NC(=S)NC1CC1c1ccccc1. The van der Waals surface area contributed by atoms with Gasteiger partial charge in [0, 0.05) is 12.0 Å². The van der Waals surface area contributed by atoms with Crippen molar-refractivity contribution in [3.63, 3.8) is 0 Å². The first-order valence-electron chi connectivity index (χ1n) is 4.38. The molecule has 0 amide bonds. The summed E-state index contributed by atoms with van der Waals surface area (Å²) in [6, 6.07) is 10.9. The van der Waals surface area contributed by atoms with Crippen LogP contribution in [0, 0.1) is 0 Å². The van der Waals surface area contributed by atoms with Crippen molar-refractivity contribution in [2.75, 3.05) is 0 Å². The van der Waals surface area contributed by atoms with E-state index < -0.39 is 0 Å². The summed E-state index contributed by atoms with van der Waals surface area (Å²) >= 11 is 4.78. The molecule has 1 fully saturated rings. The van der Waals surface area contributed by atoms with E-state index in [1.54, 1.807) is 0 Å². The second kappa shape index (κ2) is 3.34. The Kier molecular flexibility index (Phi) is 2.19. The van der Waals surface area contributed by atoms with Crippen LogP contribution < -0.4 is 11.1 Å². The minimum absolute atomic E-state index is 0.406. The van der Waals surface area contributed by atoms with E-state index in [0.29, 0.717) is 17.1 Å². The van der Waals surface area contributed by atoms with Crippen LogP contribution in [0.1, 0.15) is 17.9 Å². The molecule has 1 saturated carbocycles. The fourth-order valence-corrected chi connectivity index (χ4v) is 1.76. The van der Waals surface area contributed by atoms with Gasteiger partial charge in [0.2, 0.25) is 0 Å². The van der Waals surface area contributed by atoms with Crippen LogP contribution in [0.15, 0.2) is 30.3 Å². The van der Waals surface area contributed by atoms with Crippen LogP contribution in [0.3, 0.4) is 0 Å². The molecule has 2 atom stereocenters. The van der Waals surface area contributed by atoms with E-state index in [9.17, 15) is 0 Å². The van der Waals surface area contributed by atoms with Crippen molar-refractivity contribution in [1.82, 2.24) is 5.32 Å². The van der Waals surface area contributed by atoms with Crippen LogP contribution in [0.5, 0.6) is 0 Å². The number of hydrogen-bond donors (Lipinski definition) is 2. The minimum atomic E-state index is 0.406. The monoisotopic (exact) mass is 192 g/mol. The molecule has 0 radical (unpaired) electrons. The van der Waals surface area contributed by atoms with E-state index in [1.165, 1.54) is 5.56 Å². The predicted molar refractivity (Wildman–Crippen MR) is 57.5 cm³/mol. The third-order valence-corrected chi connectivity index (χ3v) is 2.46. The zero-order valence-electron chi connectivity index (χ0n) is 7.23. The summed E-state index contributed by atoms with van der Waals surface area (Å²) in [5.41, 5.74) is 6.77. The highest BCUT2D eigenvalue weighted by Gasteiger charge is 2.38. The molecule has 0 spiro atoms. The molecule has 2 rings (SSSR count). The normalized spacial score (nSPS) is 25.2. The van der Waals surface area contributed by atoms with Gasteiger partial charge in [-0.3, -0.25) is 0 Å². The van der Waals surface area contributed by atoms with Gasteiger partial charge in [0.1, 0.15) is 0 Å². The van der Waals surface area contributed by atoms with Crippen molar-refractivity contribution in [2.45, 2.75) is 18.4 Å². The molecule has 3 heteroatoms. The quantitative estimate of drug-likeness (QED) is 0.695. The fraction of sp³-hybridized carbons (Fsp3) is 0.300. The lowest BCUT2D eigenvalue weighted by atomic mass is 10.1. The first-order valence-corrected chi connectivity index (χ1v) is 4.79. The lowest BCUT2D eigenvalue weighted by Crippen LogP contribution is -2.31. The fourth-order valence-electron chi connectivity index (χ4n) is 1.61. The summed E-state index contributed by atoms with van der Waals surface area (Å²) < 4.78 is 0. The van der Waals surface area contributed by atoms with Crippen molar-refractivity contribution in [3.8, 4) is 0 Å². The average Bonchev–Trinajstić information content (AvgIpc) is 2.84. The van der Waals surface area contributed by atoms with E-state index in [1.807, 2.05) is 6.07 Å². The molecule has 1 aromatic carbocycles. The van der Waals surface area contributed by atoms with Crippen molar-refractivity contribution in [3.05, 3.63) is 35.9 Å². The smallest absolute Gasteiger partial charge is 0.163 e. The summed E-state index contributed by atoms with van der Waals surface area (Å²) in [6.45, 7) is 0. The van der Waals surface area contributed by atoms with Crippen molar-refractivity contribution >= 4 is 17.3 Å². The van der Waals surface area contributed by atoms with Crippen LogP contribution in [0.4, 0.5) is 0 Å². The molecule has 0 aromatic heterocycles. The molecule has 68 valence electrons. The van der Waals surface area contributed by atoms with Gasteiger partial charge < -0.3 is 11.1 Å². The lowest BCUT2D eigenvalue weighted by Gasteiger charge is -2.02. The second-order valence-electron chi connectivity index (χ2n) is 3.37. The molecular weight excluding hydrogens is 180 g/mol. The van der Waals surface area contributed by atoms with Gasteiger partial charge in [-0.2, -0.15) is 0 Å². The van der Waals surface area contributed by atoms with Gasteiger partial charge in [-0.15, -0.1) is 0 Å². The van der Waals surface area contributed by atoms with Crippen molar-refractivity contribution in [1.29, 1.82) is 0 Å². The third-order valence-electron chi connectivity index (χ3n) is 2.35. The second-order valence-corrected chi connectivity index (χ2v) is 3.81.